The van der Waals surface area contributed by atoms with Crippen LogP contribution in [0.4, 0.5) is 5.69 Å². The van der Waals surface area contributed by atoms with Gasteiger partial charge in [0, 0.05) is 6.20 Å². The summed E-state index contributed by atoms with van der Waals surface area (Å²) < 4.78 is 26.7. The normalized spacial score (nSPS) is 11.4. The van der Waals surface area contributed by atoms with Crippen molar-refractivity contribution < 1.29 is 8.42 Å². The Balaban J connectivity index is 2.33. The van der Waals surface area contributed by atoms with Gasteiger partial charge in [0.1, 0.15) is 4.21 Å². The number of hydrogen-bond acceptors (Lipinski definition) is 4. The summed E-state index contributed by atoms with van der Waals surface area (Å²) in [5, 5.41) is 0.284. The second-order valence-electron chi connectivity index (χ2n) is 3.02. The molecule has 0 saturated heterocycles. The van der Waals surface area contributed by atoms with E-state index in [0.29, 0.717) is 4.34 Å². The number of nitrogens with zero attached hydrogens (tertiary/aromatic N) is 1. The highest BCUT2D eigenvalue weighted by Gasteiger charge is 2.17. The van der Waals surface area contributed by atoms with Crippen LogP contribution in [0.3, 0.4) is 0 Å². The maximum Gasteiger partial charge on any atom is 0.271 e. The molecule has 90 valence electrons. The molecule has 0 spiro atoms. The number of rotatable bonds is 3. The third kappa shape index (κ3) is 2.90. The lowest BCUT2D eigenvalue weighted by Gasteiger charge is -2.06. The van der Waals surface area contributed by atoms with Crippen molar-refractivity contribution in [1.29, 1.82) is 0 Å². The van der Waals surface area contributed by atoms with E-state index in [1.807, 2.05) is 0 Å². The van der Waals surface area contributed by atoms with Crippen molar-refractivity contribution in [3.8, 4) is 0 Å². The van der Waals surface area contributed by atoms with Crippen molar-refractivity contribution in [1.82, 2.24) is 4.98 Å². The minimum atomic E-state index is -3.66. The molecule has 8 heteroatoms. The third-order valence-electron chi connectivity index (χ3n) is 1.83. The Morgan fingerprint density at radius 2 is 2.00 bits per heavy atom. The first-order valence-electron chi connectivity index (χ1n) is 4.37. The predicted octanol–water partition coefficient (Wildman–Crippen LogP) is 3.25. The van der Waals surface area contributed by atoms with Crippen LogP contribution in [-0.4, -0.2) is 13.4 Å². The monoisotopic (exact) mass is 308 g/mol. The van der Waals surface area contributed by atoms with Gasteiger partial charge in [-0.25, -0.2) is 8.42 Å². The molecule has 2 aromatic heterocycles. The van der Waals surface area contributed by atoms with Gasteiger partial charge in [0.05, 0.1) is 21.2 Å². The van der Waals surface area contributed by atoms with Gasteiger partial charge < -0.3 is 0 Å². The molecular weight excluding hydrogens is 303 g/mol. The highest BCUT2D eigenvalue weighted by molar-refractivity contribution is 7.94. The summed E-state index contributed by atoms with van der Waals surface area (Å²) in [5.74, 6) is 0. The topological polar surface area (TPSA) is 59.1 Å². The van der Waals surface area contributed by atoms with Gasteiger partial charge in [-0.2, -0.15) is 0 Å². The molecule has 0 bridgehead atoms. The maximum atomic E-state index is 11.9. The average molecular weight is 309 g/mol. The van der Waals surface area contributed by atoms with Crippen LogP contribution in [0.1, 0.15) is 0 Å². The summed E-state index contributed by atoms with van der Waals surface area (Å²) in [4.78, 5) is 3.79. The molecule has 4 nitrogen and oxygen atoms in total. The molecule has 0 aliphatic rings. The Labute approximate surface area is 112 Å². The van der Waals surface area contributed by atoms with Crippen LogP contribution in [0.5, 0.6) is 0 Å². The number of sulfonamides is 1. The van der Waals surface area contributed by atoms with E-state index in [4.69, 9.17) is 23.2 Å². The lowest BCUT2D eigenvalue weighted by Crippen LogP contribution is -2.11. The summed E-state index contributed by atoms with van der Waals surface area (Å²) in [7, 11) is -3.66. The van der Waals surface area contributed by atoms with Gasteiger partial charge in [-0.1, -0.05) is 23.2 Å². The molecule has 17 heavy (non-hydrogen) atoms. The second kappa shape index (κ2) is 4.81. The first-order chi connectivity index (χ1) is 7.99. The lowest BCUT2D eigenvalue weighted by molar-refractivity contribution is 0.603. The van der Waals surface area contributed by atoms with Gasteiger partial charge in [0.15, 0.2) is 0 Å². The van der Waals surface area contributed by atoms with E-state index in [-0.39, 0.29) is 14.9 Å². The van der Waals surface area contributed by atoms with Gasteiger partial charge in [-0.15, -0.1) is 11.3 Å². The van der Waals surface area contributed by atoms with E-state index in [9.17, 15) is 8.42 Å². The van der Waals surface area contributed by atoms with Gasteiger partial charge in [0.25, 0.3) is 10.0 Å². The SMILES string of the molecule is O=S(=O)(Nc1cnccc1Cl)c1ccc(Cl)s1. The zero-order valence-electron chi connectivity index (χ0n) is 8.22. The summed E-state index contributed by atoms with van der Waals surface area (Å²) in [6.07, 6.45) is 2.82. The highest BCUT2D eigenvalue weighted by atomic mass is 35.5. The molecule has 2 aromatic rings. The molecule has 0 aliphatic heterocycles. The summed E-state index contributed by atoms with van der Waals surface area (Å²) >= 11 is 12.5. The molecule has 0 fully saturated rings. The van der Waals surface area contributed by atoms with E-state index in [1.54, 1.807) is 0 Å². The molecule has 2 heterocycles. The number of nitrogens with one attached hydrogen (secondary N) is 1. The number of pyridine rings is 1. The number of thiophene rings is 1. The largest absolute Gasteiger partial charge is 0.276 e. The zero-order valence-corrected chi connectivity index (χ0v) is 11.4. The van der Waals surface area contributed by atoms with Crippen LogP contribution in [0.25, 0.3) is 0 Å². The zero-order chi connectivity index (χ0) is 12.5. The molecule has 2 rings (SSSR count). The third-order valence-corrected chi connectivity index (χ3v) is 5.24. The van der Waals surface area contributed by atoms with Crippen LogP contribution in [-0.2, 0) is 10.0 Å². The van der Waals surface area contributed by atoms with Crippen LogP contribution in [0.2, 0.25) is 9.36 Å². The van der Waals surface area contributed by atoms with E-state index < -0.39 is 10.0 Å². The molecule has 0 aliphatic carbocycles. The van der Waals surface area contributed by atoms with Gasteiger partial charge in [-0.3, -0.25) is 9.71 Å². The summed E-state index contributed by atoms with van der Waals surface area (Å²) in [6, 6.07) is 4.45. The fourth-order valence-corrected chi connectivity index (χ4v) is 3.85. The van der Waals surface area contributed by atoms with Crippen molar-refractivity contribution in [2.75, 3.05) is 4.72 Å². The fraction of sp³-hybridized carbons (Fsp3) is 0. The first kappa shape index (κ1) is 12.6. The van der Waals surface area contributed by atoms with Crippen LogP contribution in [0, 0.1) is 0 Å². The van der Waals surface area contributed by atoms with Gasteiger partial charge in [-0.05, 0) is 18.2 Å². The van der Waals surface area contributed by atoms with Gasteiger partial charge in [0.2, 0.25) is 0 Å². The number of hydrogen-bond donors (Lipinski definition) is 1. The maximum absolute atomic E-state index is 11.9. The minimum Gasteiger partial charge on any atom is -0.276 e. The van der Waals surface area contributed by atoms with E-state index in [0.717, 1.165) is 11.3 Å². The number of anilines is 1. The molecule has 0 atom stereocenters. The smallest absolute Gasteiger partial charge is 0.271 e. The summed E-state index contributed by atoms with van der Waals surface area (Å²) in [5.41, 5.74) is 0.235. The number of aromatic nitrogens is 1. The number of halogens is 2. The molecule has 1 N–H and O–H groups in total. The van der Waals surface area contributed by atoms with Gasteiger partial charge >= 0.3 is 0 Å². The molecule has 0 unspecified atom stereocenters. The van der Waals surface area contributed by atoms with Crippen molar-refractivity contribution in [3.05, 3.63) is 40.0 Å². The molecular formula is C9H6Cl2N2O2S2. The Morgan fingerprint density at radius 3 is 2.59 bits per heavy atom. The van der Waals surface area contributed by atoms with E-state index >= 15 is 0 Å². The predicted molar refractivity (Wildman–Crippen MR) is 69.4 cm³/mol. The Kier molecular flexibility index (Phi) is 3.58. The minimum absolute atomic E-state index is 0.127. The van der Waals surface area contributed by atoms with Crippen LogP contribution in [0.15, 0.2) is 34.8 Å². The molecule has 0 saturated carbocycles. The van der Waals surface area contributed by atoms with Crippen molar-refractivity contribution in [2.24, 2.45) is 0 Å². The van der Waals surface area contributed by atoms with Crippen molar-refractivity contribution >= 4 is 50.2 Å². The summed E-state index contributed by atoms with van der Waals surface area (Å²) in [6.45, 7) is 0. The Bertz CT molecular complexity index is 640. The average Bonchev–Trinajstić information content (AvgIpc) is 2.69. The molecule has 0 radical (unpaired) electrons. The van der Waals surface area contributed by atoms with E-state index in [1.165, 1.54) is 30.6 Å². The Hall–Kier alpha value is -0.820. The standard InChI is InChI=1S/C9H6Cl2N2O2S2/c10-6-3-4-12-5-7(6)13-17(14,15)9-2-1-8(11)16-9/h1-5,13H. The highest BCUT2D eigenvalue weighted by Crippen LogP contribution is 2.28. The second-order valence-corrected chi connectivity index (χ2v) is 7.05. The van der Waals surface area contributed by atoms with Crippen molar-refractivity contribution in [2.45, 2.75) is 4.21 Å². The van der Waals surface area contributed by atoms with Crippen LogP contribution >= 0.6 is 34.5 Å². The molecule has 0 aromatic carbocycles. The lowest BCUT2D eigenvalue weighted by atomic mass is 10.4. The van der Waals surface area contributed by atoms with Crippen LogP contribution < -0.4 is 4.72 Å². The molecule has 0 amide bonds. The fourth-order valence-electron chi connectivity index (χ4n) is 1.09. The van der Waals surface area contributed by atoms with E-state index in [2.05, 4.69) is 9.71 Å². The van der Waals surface area contributed by atoms with Crippen molar-refractivity contribution in [3.63, 3.8) is 0 Å². The quantitative estimate of drug-likeness (QED) is 0.947. The first-order valence-corrected chi connectivity index (χ1v) is 7.42. The Morgan fingerprint density at radius 1 is 1.24 bits per heavy atom.